The molecule has 2 aromatic rings. The fraction of sp³-hybridized carbons (Fsp3) is 0.674. The molecule has 6 aliphatic rings. The molecule has 9 heteroatoms. The zero-order valence-electron chi connectivity index (χ0n) is 32.3. The molecule has 2 bridgehead atoms. The highest BCUT2D eigenvalue weighted by Gasteiger charge is 2.67. The molecule has 0 radical (unpaired) electrons. The van der Waals surface area contributed by atoms with E-state index in [4.69, 9.17) is 8.37 Å². The van der Waals surface area contributed by atoms with Crippen LogP contribution in [0.2, 0.25) is 0 Å². The topological polar surface area (TPSA) is 90.0 Å². The molecule has 1 heterocycles. The maximum Gasteiger partial charge on any atom is 0.296 e. The first kappa shape index (κ1) is 38.2. The molecule has 0 aromatic heterocycles. The zero-order valence-corrected chi connectivity index (χ0v) is 33.9. The van der Waals surface area contributed by atoms with Crippen molar-refractivity contribution in [2.24, 2.45) is 51.8 Å². The molecule has 4 fully saturated rings. The predicted molar refractivity (Wildman–Crippen MR) is 206 cm³/mol. The predicted octanol–water partition coefficient (Wildman–Crippen LogP) is 8.96. The van der Waals surface area contributed by atoms with Gasteiger partial charge in [-0.2, -0.15) is 16.8 Å². The maximum atomic E-state index is 13.8. The normalized spacial score (nSPS) is 35.2. The summed E-state index contributed by atoms with van der Waals surface area (Å²) in [4.78, 5) is 3.03. The van der Waals surface area contributed by atoms with Gasteiger partial charge in [0.05, 0.1) is 23.0 Å². The van der Waals surface area contributed by atoms with Crippen LogP contribution in [0.4, 0.5) is 0 Å². The van der Waals surface area contributed by atoms with Crippen LogP contribution in [0.1, 0.15) is 96.6 Å². The summed E-state index contributed by atoms with van der Waals surface area (Å²) in [6, 6.07) is 13.6. The van der Waals surface area contributed by atoms with Gasteiger partial charge in [-0.15, -0.1) is 0 Å². The minimum absolute atomic E-state index is 0.00479. The van der Waals surface area contributed by atoms with Crippen LogP contribution >= 0.6 is 0 Å². The van der Waals surface area contributed by atoms with Crippen LogP contribution in [0.15, 0.2) is 70.0 Å². The Hall–Kier alpha value is -2.04. The van der Waals surface area contributed by atoms with E-state index in [-0.39, 0.29) is 57.0 Å². The SMILES string of the molecule is Cc1ccc(S(=O)(=O)OC[C@H]2[C@@H](COS(=O)(=O)c3ccc(C)cc3)C34C=C(C(C)C)[C@@H]2C[C@@H]3[C@@]2(C)CCC[C@@](C)(CN3CCCCC3)[C@@H]2CC4)cc1. The number of hydrogen-bond donors (Lipinski definition) is 0. The second-order valence-corrected chi connectivity index (χ2v) is 21.4. The Morgan fingerprint density at radius 3 is 1.90 bits per heavy atom. The molecule has 286 valence electrons. The summed E-state index contributed by atoms with van der Waals surface area (Å²) in [6.45, 7) is 17.1. The number of hydrogen-bond acceptors (Lipinski definition) is 7. The Morgan fingerprint density at radius 1 is 0.750 bits per heavy atom. The van der Waals surface area contributed by atoms with Gasteiger partial charge in [0.25, 0.3) is 20.2 Å². The van der Waals surface area contributed by atoms with Gasteiger partial charge in [0, 0.05) is 6.54 Å². The molecule has 8 rings (SSSR count). The summed E-state index contributed by atoms with van der Waals surface area (Å²) in [5.41, 5.74) is 3.35. The van der Waals surface area contributed by atoms with E-state index in [1.54, 1.807) is 48.5 Å². The van der Waals surface area contributed by atoms with Crippen molar-refractivity contribution in [3.8, 4) is 0 Å². The van der Waals surface area contributed by atoms with Crippen molar-refractivity contribution < 1.29 is 25.2 Å². The molecule has 7 nitrogen and oxygen atoms in total. The smallest absolute Gasteiger partial charge is 0.296 e. The highest BCUT2D eigenvalue weighted by Crippen LogP contribution is 2.73. The summed E-state index contributed by atoms with van der Waals surface area (Å²) in [7, 11) is -8.06. The maximum absolute atomic E-state index is 13.8. The van der Waals surface area contributed by atoms with Gasteiger partial charge in [-0.1, -0.05) is 87.6 Å². The average Bonchev–Trinajstić information content (AvgIpc) is 3.10. The molecule has 3 saturated carbocycles. The summed E-state index contributed by atoms with van der Waals surface area (Å²) in [5, 5.41) is 0. The Labute approximate surface area is 314 Å². The lowest BCUT2D eigenvalue weighted by Crippen LogP contribution is -2.65. The lowest BCUT2D eigenvalue weighted by molar-refractivity contribution is -0.194. The van der Waals surface area contributed by atoms with Crippen molar-refractivity contribution in [3.05, 3.63) is 71.3 Å². The molecule has 1 saturated heterocycles. The van der Waals surface area contributed by atoms with Gasteiger partial charge in [0.2, 0.25) is 0 Å². The van der Waals surface area contributed by atoms with Crippen LogP contribution in [0.3, 0.4) is 0 Å². The number of fused-ring (bicyclic) bond motifs is 2. The minimum Gasteiger partial charge on any atom is -0.303 e. The third-order valence-corrected chi connectivity index (χ3v) is 17.2. The molecule has 1 unspecified atom stereocenters. The standard InChI is InChI=1S/C43H61NO6S2/c1-30(2)36-26-43-22-19-39-41(5,29-44-23-8-7-9-24-44)20-10-21-42(39,6)40(43)25-35(36)37(27-49-51(45,46)33-15-11-31(3)12-16-33)38(43)28-50-52(47,48)34-17-13-32(4)14-18-34/h11-18,26,30,35,37-40H,7-10,19-25,27-29H2,1-6H3/t35-,37+,38+,39-,40+,41-,42-,43?/m0/s1. The highest BCUT2D eigenvalue weighted by atomic mass is 32.2. The van der Waals surface area contributed by atoms with Crippen LogP contribution in [0.25, 0.3) is 0 Å². The molecular weight excluding hydrogens is 691 g/mol. The molecule has 52 heavy (non-hydrogen) atoms. The molecule has 1 spiro atoms. The molecule has 0 N–H and O–H groups in total. The lowest BCUT2D eigenvalue weighted by Gasteiger charge is -2.70. The second kappa shape index (κ2) is 14.2. The average molecular weight is 752 g/mol. The number of rotatable bonds is 11. The van der Waals surface area contributed by atoms with Gasteiger partial charge in [-0.3, -0.25) is 8.37 Å². The van der Waals surface area contributed by atoms with Crippen LogP contribution in [0.5, 0.6) is 0 Å². The van der Waals surface area contributed by atoms with Crippen molar-refractivity contribution >= 4 is 20.2 Å². The monoisotopic (exact) mass is 751 g/mol. The summed E-state index contributed by atoms with van der Waals surface area (Å²) in [6.07, 6.45) is 13.2. The summed E-state index contributed by atoms with van der Waals surface area (Å²) >= 11 is 0. The third-order valence-electron chi connectivity index (χ3n) is 14.6. The van der Waals surface area contributed by atoms with Crippen molar-refractivity contribution in [1.29, 1.82) is 0 Å². The van der Waals surface area contributed by atoms with E-state index in [9.17, 15) is 16.8 Å². The van der Waals surface area contributed by atoms with Gasteiger partial charge in [0.15, 0.2) is 0 Å². The Morgan fingerprint density at radius 2 is 1.33 bits per heavy atom. The zero-order chi connectivity index (χ0) is 37.1. The molecule has 0 amide bonds. The quantitative estimate of drug-likeness (QED) is 0.167. The first-order valence-electron chi connectivity index (χ1n) is 20.0. The van der Waals surface area contributed by atoms with Crippen molar-refractivity contribution in [2.45, 2.75) is 109 Å². The highest BCUT2D eigenvalue weighted by molar-refractivity contribution is 7.87. The largest absolute Gasteiger partial charge is 0.303 e. The number of nitrogens with zero attached hydrogens (tertiary/aromatic N) is 1. The fourth-order valence-electron chi connectivity index (χ4n) is 12.2. The fourth-order valence-corrected chi connectivity index (χ4v) is 14.1. The first-order chi connectivity index (χ1) is 24.6. The number of allylic oxidation sites excluding steroid dienone is 2. The van der Waals surface area contributed by atoms with Crippen LogP contribution in [0, 0.1) is 65.6 Å². The second-order valence-electron chi connectivity index (χ2n) is 18.1. The Balaban J connectivity index is 1.26. The molecule has 1 aliphatic heterocycles. The first-order valence-corrected chi connectivity index (χ1v) is 22.8. The molecule has 8 atom stereocenters. The van der Waals surface area contributed by atoms with E-state index >= 15 is 0 Å². The van der Waals surface area contributed by atoms with Crippen molar-refractivity contribution in [1.82, 2.24) is 4.90 Å². The summed E-state index contributed by atoms with van der Waals surface area (Å²) < 4.78 is 66.9. The van der Waals surface area contributed by atoms with Gasteiger partial charge in [-0.25, -0.2) is 0 Å². The van der Waals surface area contributed by atoms with E-state index in [0.717, 1.165) is 36.9 Å². The third kappa shape index (κ3) is 6.88. The van der Waals surface area contributed by atoms with E-state index in [1.165, 1.54) is 57.2 Å². The number of aryl methyl sites for hydroxylation is 2. The van der Waals surface area contributed by atoms with Crippen LogP contribution < -0.4 is 0 Å². The summed E-state index contributed by atoms with van der Waals surface area (Å²) in [5.74, 6) is 0.903. The van der Waals surface area contributed by atoms with Crippen molar-refractivity contribution in [2.75, 3.05) is 32.8 Å². The van der Waals surface area contributed by atoms with Crippen molar-refractivity contribution in [3.63, 3.8) is 0 Å². The van der Waals surface area contributed by atoms with Crippen LogP contribution in [-0.2, 0) is 28.6 Å². The lowest BCUT2D eigenvalue weighted by atomic mass is 9.34. The Bertz CT molecular complexity index is 1850. The van der Waals surface area contributed by atoms with Gasteiger partial charge in [-0.05, 0) is 148 Å². The van der Waals surface area contributed by atoms with E-state index in [2.05, 4.69) is 38.7 Å². The van der Waals surface area contributed by atoms with Gasteiger partial charge >= 0.3 is 0 Å². The molecule has 2 aromatic carbocycles. The number of benzene rings is 2. The van der Waals surface area contributed by atoms with E-state index in [0.29, 0.717) is 17.8 Å². The van der Waals surface area contributed by atoms with Gasteiger partial charge < -0.3 is 4.90 Å². The number of likely N-dealkylation sites (tertiary alicyclic amines) is 1. The number of piperidine rings is 1. The molecule has 5 aliphatic carbocycles. The minimum atomic E-state index is -4.04. The van der Waals surface area contributed by atoms with Crippen LogP contribution in [-0.4, -0.2) is 54.6 Å². The molecular formula is C43H61NO6S2. The van der Waals surface area contributed by atoms with Gasteiger partial charge in [0.1, 0.15) is 0 Å². The Kier molecular flexibility index (Phi) is 10.5. The van der Waals surface area contributed by atoms with E-state index < -0.39 is 20.2 Å². The van der Waals surface area contributed by atoms with E-state index in [1.807, 2.05) is 13.8 Å².